The second-order valence-electron chi connectivity index (χ2n) is 6.00. The lowest BCUT2D eigenvalue weighted by molar-refractivity contribution is -0.160. The highest BCUT2D eigenvalue weighted by atomic mass is 16.5. The van der Waals surface area contributed by atoms with Crippen molar-refractivity contribution in [3.8, 4) is 0 Å². The van der Waals surface area contributed by atoms with Gasteiger partial charge in [-0.05, 0) is 43.7 Å². The maximum absolute atomic E-state index is 10.6. The van der Waals surface area contributed by atoms with Gasteiger partial charge in [0.1, 0.15) is 17.6 Å². The van der Waals surface area contributed by atoms with Gasteiger partial charge in [-0.25, -0.2) is 0 Å². The minimum atomic E-state index is -0.515. The van der Waals surface area contributed by atoms with Crippen LogP contribution in [0.4, 0.5) is 0 Å². The molecule has 2 aliphatic rings. The van der Waals surface area contributed by atoms with Gasteiger partial charge in [-0.2, -0.15) is 0 Å². The standard InChI is InChI=1S/C16H24O4/c1-2-13-3-4-14(20-13)15(17)12-5-8-19-16(11-12)6-9-18-10-7-16/h3-4,12,15,17H,2,5-11H2,1H3. The molecule has 2 aliphatic heterocycles. The second-order valence-corrected chi connectivity index (χ2v) is 6.00. The minimum absolute atomic E-state index is 0.0810. The number of aliphatic hydroxyl groups is 1. The van der Waals surface area contributed by atoms with Crippen molar-refractivity contribution in [2.75, 3.05) is 19.8 Å². The largest absolute Gasteiger partial charge is 0.463 e. The topological polar surface area (TPSA) is 51.8 Å². The first-order chi connectivity index (χ1) is 9.72. The van der Waals surface area contributed by atoms with Crippen molar-refractivity contribution >= 4 is 0 Å². The van der Waals surface area contributed by atoms with Crippen LogP contribution in [0.2, 0.25) is 0 Å². The quantitative estimate of drug-likeness (QED) is 0.925. The van der Waals surface area contributed by atoms with E-state index in [1.807, 2.05) is 12.1 Å². The smallest absolute Gasteiger partial charge is 0.132 e. The Morgan fingerprint density at radius 3 is 2.80 bits per heavy atom. The first-order valence-corrected chi connectivity index (χ1v) is 7.71. The summed E-state index contributed by atoms with van der Waals surface area (Å²) >= 11 is 0. The highest BCUT2D eigenvalue weighted by molar-refractivity contribution is 5.11. The van der Waals surface area contributed by atoms with Crippen LogP contribution in [0.3, 0.4) is 0 Å². The summed E-state index contributed by atoms with van der Waals surface area (Å²) in [5.41, 5.74) is -0.0810. The molecule has 2 unspecified atom stereocenters. The van der Waals surface area contributed by atoms with Crippen molar-refractivity contribution in [1.82, 2.24) is 0 Å². The fraction of sp³-hybridized carbons (Fsp3) is 0.750. The van der Waals surface area contributed by atoms with Gasteiger partial charge in [-0.1, -0.05) is 6.92 Å². The van der Waals surface area contributed by atoms with Gasteiger partial charge in [0, 0.05) is 26.2 Å². The van der Waals surface area contributed by atoms with Crippen LogP contribution in [0.25, 0.3) is 0 Å². The Kier molecular flexibility index (Phi) is 4.15. The van der Waals surface area contributed by atoms with Crippen molar-refractivity contribution in [3.05, 3.63) is 23.7 Å². The van der Waals surface area contributed by atoms with Crippen molar-refractivity contribution in [2.24, 2.45) is 5.92 Å². The molecule has 2 atom stereocenters. The van der Waals surface area contributed by atoms with Crippen molar-refractivity contribution in [2.45, 2.75) is 50.7 Å². The van der Waals surface area contributed by atoms with E-state index < -0.39 is 6.10 Å². The molecule has 0 saturated carbocycles. The molecule has 1 N–H and O–H groups in total. The highest BCUT2D eigenvalue weighted by Crippen LogP contribution is 2.42. The number of aliphatic hydroxyl groups excluding tert-OH is 1. The van der Waals surface area contributed by atoms with Gasteiger partial charge in [-0.3, -0.25) is 0 Å². The first-order valence-electron chi connectivity index (χ1n) is 7.71. The predicted molar refractivity (Wildman–Crippen MR) is 74.5 cm³/mol. The number of ether oxygens (including phenoxy) is 2. The summed E-state index contributed by atoms with van der Waals surface area (Å²) in [6.07, 6.45) is 4.02. The van der Waals surface area contributed by atoms with Gasteiger partial charge in [0.15, 0.2) is 0 Å². The lowest BCUT2D eigenvalue weighted by Gasteiger charge is -2.44. The third-order valence-corrected chi connectivity index (χ3v) is 4.70. The van der Waals surface area contributed by atoms with Gasteiger partial charge in [0.2, 0.25) is 0 Å². The molecule has 20 heavy (non-hydrogen) atoms. The van der Waals surface area contributed by atoms with Crippen LogP contribution in [0.5, 0.6) is 0 Å². The Morgan fingerprint density at radius 1 is 1.30 bits per heavy atom. The van der Waals surface area contributed by atoms with Gasteiger partial charge >= 0.3 is 0 Å². The number of furan rings is 1. The van der Waals surface area contributed by atoms with Crippen molar-refractivity contribution in [1.29, 1.82) is 0 Å². The summed E-state index contributed by atoms with van der Waals surface area (Å²) in [5.74, 6) is 1.86. The Labute approximate surface area is 120 Å². The van der Waals surface area contributed by atoms with E-state index in [1.54, 1.807) is 0 Å². The lowest BCUT2D eigenvalue weighted by Crippen LogP contribution is -2.45. The molecule has 0 bridgehead atoms. The Bertz CT molecular complexity index is 428. The van der Waals surface area contributed by atoms with Crippen LogP contribution in [0.1, 0.15) is 50.2 Å². The van der Waals surface area contributed by atoms with E-state index in [0.29, 0.717) is 5.76 Å². The summed E-state index contributed by atoms with van der Waals surface area (Å²) < 4.78 is 17.2. The van der Waals surface area contributed by atoms with Crippen LogP contribution < -0.4 is 0 Å². The van der Waals surface area contributed by atoms with Crippen LogP contribution >= 0.6 is 0 Å². The summed E-state index contributed by atoms with van der Waals surface area (Å²) in [4.78, 5) is 0. The van der Waals surface area contributed by atoms with E-state index in [2.05, 4.69) is 6.92 Å². The molecule has 0 aliphatic carbocycles. The lowest BCUT2D eigenvalue weighted by atomic mass is 9.78. The third kappa shape index (κ3) is 2.78. The van der Waals surface area contributed by atoms with E-state index in [9.17, 15) is 5.11 Å². The van der Waals surface area contributed by atoms with Crippen LogP contribution in [-0.4, -0.2) is 30.5 Å². The molecule has 112 valence electrons. The first kappa shape index (κ1) is 14.1. The van der Waals surface area contributed by atoms with Crippen LogP contribution in [0.15, 0.2) is 16.5 Å². The summed E-state index contributed by atoms with van der Waals surface area (Å²) in [5, 5.41) is 10.6. The maximum Gasteiger partial charge on any atom is 0.132 e. The highest BCUT2D eigenvalue weighted by Gasteiger charge is 2.41. The molecule has 0 radical (unpaired) electrons. The van der Waals surface area contributed by atoms with E-state index >= 15 is 0 Å². The zero-order chi connectivity index (χ0) is 14.0. The average molecular weight is 280 g/mol. The van der Waals surface area contributed by atoms with Gasteiger partial charge in [0.25, 0.3) is 0 Å². The number of aryl methyl sites for hydroxylation is 1. The van der Waals surface area contributed by atoms with Crippen molar-refractivity contribution in [3.63, 3.8) is 0 Å². The fourth-order valence-corrected chi connectivity index (χ4v) is 3.40. The molecule has 4 heteroatoms. The molecule has 4 nitrogen and oxygen atoms in total. The molecule has 1 aromatic heterocycles. The maximum atomic E-state index is 10.6. The molecular formula is C16H24O4. The molecule has 1 aromatic rings. The molecule has 2 saturated heterocycles. The van der Waals surface area contributed by atoms with Gasteiger partial charge in [-0.15, -0.1) is 0 Å². The number of hydrogen-bond donors (Lipinski definition) is 1. The second kappa shape index (κ2) is 5.88. The molecule has 0 amide bonds. The van der Waals surface area contributed by atoms with Crippen LogP contribution in [0, 0.1) is 5.92 Å². The van der Waals surface area contributed by atoms with E-state index in [-0.39, 0.29) is 11.5 Å². The molecule has 3 rings (SSSR count). The summed E-state index contributed by atoms with van der Waals surface area (Å²) in [7, 11) is 0. The van der Waals surface area contributed by atoms with E-state index in [0.717, 1.165) is 57.7 Å². The van der Waals surface area contributed by atoms with E-state index in [4.69, 9.17) is 13.9 Å². The summed E-state index contributed by atoms with van der Waals surface area (Å²) in [6, 6.07) is 3.87. The third-order valence-electron chi connectivity index (χ3n) is 4.70. The number of rotatable bonds is 3. The summed E-state index contributed by atoms with van der Waals surface area (Å²) in [6.45, 7) is 4.32. The zero-order valence-corrected chi connectivity index (χ0v) is 12.1. The van der Waals surface area contributed by atoms with Gasteiger partial charge < -0.3 is 19.0 Å². The van der Waals surface area contributed by atoms with Gasteiger partial charge in [0.05, 0.1) is 5.60 Å². The SMILES string of the molecule is CCc1ccc(C(O)C2CCOC3(CCOCC3)C2)o1. The zero-order valence-electron chi connectivity index (χ0n) is 12.1. The molecular weight excluding hydrogens is 256 g/mol. The molecule has 1 spiro atoms. The predicted octanol–water partition coefficient (Wildman–Crippen LogP) is 2.85. The number of hydrogen-bond acceptors (Lipinski definition) is 4. The Balaban J connectivity index is 1.69. The molecule has 3 heterocycles. The molecule has 0 aromatic carbocycles. The fourth-order valence-electron chi connectivity index (χ4n) is 3.40. The minimum Gasteiger partial charge on any atom is -0.463 e. The van der Waals surface area contributed by atoms with Crippen molar-refractivity contribution < 1.29 is 19.0 Å². The average Bonchev–Trinajstić information content (AvgIpc) is 2.96. The Hall–Kier alpha value is -0.840. The molecule has 2 fully saturated rings. The monoisotopic (exact) mass is 280 g/mol. The van der Waals surface area contributed by atoms with E-state index in [1.165, 1.54) is 0 Å². The normalized spacial score (nSPS) is 27.6. The Morgan fingerprint density at radius 2 is 2.10 bits per heavy atom. The van der Waals surface area contributed by atoms with Crippen LogP contribution in [-0.2, 0) is 15.9 Å².